The van der Waals surface area contributed by atoms with Gasteiger partial charge in [0.05, 0.1) is 6.61 Å². The summed E-state index contributed by atoms with van der Waals surface area (Å²) in [6.07, 6.45) is 5.56. The summed E-state index contributed by atoms with van der Waals surface area (Å²) >= 11 is 0. The molecular weight excluding hydrogens is 162 g/mol. The van der Waals surface area contributed by atoms with Gasteiger partial charge in [-0.05, 0) is 29.1 Å². The van der Waals surface area contributed by atoms with Crippen LogP contribution in [0, 0.1) is 0 Å². The van der Waals surface area contributed by atoms with Crippen molar-refractivity contribution in [3.8, 4) is 0 Å². The molecule has 0 atom stereocenters. The lowest BCUT2D eigenvalue weighted by Gasteiger charge is -1.93. The van der Waals surface area contributed by atoms with Gasteiger partial charge in [0.2, 0.25) is 0 Å². The van der Waals surface area contributed by atoms with Gasteiger partial charge in [-0.3, -0.25) is 0 Å². The largest absolute Gasteiger partial charge is 0.392 e. The van der Waals surface area contributed by atoms with E-state index in [1.807, 2.05) is 30.5 Å². The Morgan fingerprint density at radius 2 is 2.23 bits per heavy atom. The summed E-state index contributed by atoms with van der Waals surface area (Å²) in [5.41, 5.74) is 2.25. The van der Waals surface area contributed by atoms with Crippen LogP contribution in [0.2, 0.25) is 0 Å². The highest BCUT2D eigenvalue weighted by molar-refractivity contribution is 5.81. The Hall–Kier alpha value is -1.54. The molecule has 66 valence electrons. The first-order valence-corrected chi connectivity index (χ1v) is 4.25. The summed E-state index contributed by atoms with van der Waals surface area (Å²) < 4.78 is 0. The molecule has 0 saturated heterocycles. The number of aliphatic hydroxyl groups is 1. The van der Waals surface area contributed by atoms with E-state index in [9.17, 15) is 0 Å². The number of aromatic nitrogens is 1. The minimum absolute atomic E-state index is 0.0885. The van der Waals surface area contributed by atoms with Crippen LogP contribution in [0.25, 0.3) is 17.0 Å². The fourth-order valence-electron chi connectivity index (χ4n) is 1.36. The van der Waals surface area contributed by atoms with Crippen molar-refractivity contribution in [2.75, 3.05) is 6.61 Å². The molecule has 0 amide bonds. The Bertz CT molecular complexity index is 428. The highest BCUT2D eigenvalue weighted by Crippen LogP contribution is 2.14. The maximum atomic E-state index is 8.61. The van der Waals surface area contributed by atoms with Crippen LogP contribution in [0.15, 0.2) is 36.5 Å². The molecule has 0 aliphatic carbocycles. The van der Waals surface area contributed by atoms with Crippen LogP contribution in [0.1, 0.15) is 5.56 Å². The smallest absolute Gasteiger partial charge is 0.0615 e. The molecule has 0 bridgehead atoms. The van der Waals surface area contributed by atoms with Crippen molar-refractivity contribution in [2.24, 2.45) is 0 Å². The minimum atomic E-state index is 0.0885. The van der Waals surface area contributed by atoms with Gasteiger partial charge >= 0.3 is 0 Å². The first-order chi connectivity index (χ1) is 6.40. The minimum Gasteiger partial charge on any atom is -0.392 e. The molecule has 0 fully saturated rings. The van der Waals surface area contributed by atoms with Crippen molar-refractivity contribution in [3.63, 3.8) is 0 Å². The van der Waals surface area contributed by atoms with Crippen LogP contribution in [0.5, 0.6) is 0 Å². The van der Waals surface area contributed by atoms with Crippen molar-refractivity contribution in [1.82, 2.24) is 4.98 Å². The summed E-state index contributed by atoms with van der Waals surface area (Å²) in [6.45, 7) is 0.0885. The fourth-order valence-corrected chi connectivity index (χ4v) is 1.36. The highest BCUT2D eigenvalue weighted by atomic mass is 16.2. The van der Waals surface area contributed by atoms with Gasteiger partial charge in [0.15, 0.2) is 0 Å². The van der Waals surface area contributed by atoms with Crippen molar-refractivity contribution in [1.29, 1.82) is 0 Å². The molecule has 2 aromatic rings. The monoisotopic (exact) mass is 173 g/mol. The van der Waals surface area contributed by atoms with Gasteiger partial charge in [-0.15, -0.1) is 0 Å². The fraction of sp³-hybridized carbons (Fsp3) is 0.0909. The average Bonchev–Trinajstić information content (AvgIpc) is 2.61. The number of H-pyrrole nitrogens is 1. The highest BCUT2D eigenvalue weighted by Gasteiger charge is 1.93. The second-order valence-electron chi connectivity index (χ2n) is 2.91. The Labute approximate surface area is 76.5 Å². The van der Waals surface area contributed by atoms with Crippen molar-refractivity contribution < 1.29 is 5.11 Å². The second-order valence-corrected chi connectivity index (χ2v) is 2.91. The molecule has 2 N–H and O–H groups in total. The van der Waals surface area contributed by atoms with Gasteiger partial charge in [0, 0.05) is 11.7 Å². The first kappa shape index (κ1) is 8.08. The third kappa shape index (κ3) is 1.63. The van der Waals surface area contributed by atoms with E-state index in [-0.39, 0.29) is 6.61 Å². The number of hydrogen-bond donors (Lipinski definition) is 2. The van der Waals surface area contributed by atoms with Gasteiger partial charge < -0.3 is 10.1 Å². The lowest BCUT2D eigenvalue weighted by molar-refractivity contribution is 0.343. The predicted molar refractivity (Wildman–Crippen MR) is 54.4 cm³/mol. The maximum Gasteiger partial charge on any atom is 0.0615 e. The van der Waals surface area contributed by atoms with Crippen LogP contribution in [0.4, 0.5) is 0 Å². The van der Waals surface area contributed by atoms with Crippen molar-refractivity contribution in [2.45, 2.75) is 0 Å². The molecule has 13 heavy (non-hydrogen) atoms. The van der Waals surface area contributed by atoms with E-state index >= 15 is 0 Å². The van der Waals surface area contributed by atoms with E-state index in [2.05, 4.69) is 11.1 Å². The molecule has 0 spiro atoms. The molecule has 1 heterocycles. The summed E-state index contributed by atoms with van der Waals surface area (Å²) in [6, 6.07) is 8.17. The van der Waals surface area contributed by atoms with E-state index in [0.29, 0.717) is 0 Å². The number of aromatic amines is 1. The zero-order chi connectivity index (χ0) is 9.10. The summed E-state index contributed by atoms with van der Waals surface area (Å²) in [4.78, 5) is 3.13. The molecule has 0 saturated carbocycles. The SMILES string of the molecule is OCC=Cc1ccc2[nH]ccc2c1. The van der Waals surface area contributed by atoms with Crippen LogP contribution in [-0.4, -0.2) is 16.7 Å². The first-order valence-electron chi connectivity index (χ1n) is 4.25. The molecule has 0 aliphatic rings. The summed E-state index contributed by atoms with van der Waals surface area (Å²) in [5, 5.41) is 9.80. The lowest BCUT2D eigenvalue weighted by Crippen LogP contribution is -1.74. The quantitative estimate of drug-likeness (QED) is 0.717. The molecule has 2 rings (SSSR count). The van der Waals surface area contributed by atoms with Gasteiger partial charge in [-0.25, -0.2) is 0 Å². The van der Waals surface area contributed by atoms with E-state index < -0.39 is 0 Å². The van der Waals surface area contributed by atoms with Crippen LogP contribution < -0.4 is 0 Å². The predicted octanol–water partition coefficient (Wildman–Crippen LogP) is 2.17. The number of aliphatic hydroxyl groups excluding tert-OH is 1. The number of benzene rings is 1. The Morgan fingerprint density at radius 1 is 1.31 bits per heavy atom. The molecule has 1 aromatic heterocycles. The normalized spacial score (nSPS) is 11.5. The zero-order valence-electron chi connectivity index (χ0n) is 7.20. The summed E-state index contributed by atoms with van der Waals surface area (Å²) in [5.74, 6) is 0. The van der Waals surface area contributed by atoms with E-state index in [1.54, 1.807) is 6.08 Å². The van der Waals surface area contributed by atoms with E-state index in [0.717, 1.165) is 11.1 Å². The second kappa shape index (κ2) is 3.46. The van der Waals surface area contributed by atoms with Crippen LogP contribution >= 0.6 is 0 Å². The molecule has 0 radical (unpaired) electrons. The van der Waals surface area contributed by atoms with Gasteiger partial charge in [0.1, 0.15) is 0 Å². The molecule has 2 heteroatoms. The topological polar surface area (TPSA) is 36.0 Å². The maximum absolute atomic E-state index is 8.61. The number of nitrogens with one attached hydrogen (secondary N) is 1. The van der Waals surface area contributed by atoms with E-state index in [4.69, 9.17) is 5.11 Å². The Balaban J connectivity index is 2.42. The third-order valence-electron chi connectivity index (χ3n) is 1.99. The van der Waals surface area contributed by atoms with Crippen molar-refractivity contribution in [3.05, 3.63) is 42.1 Å². The Kier molecular flexibility index (Phi) is 2.15. The molecule has 2 nitrogen and oxygen atoms in total. The Morgan fingerprint density at radius 3 is 3.08 bits per heavy atom. The summed E-state index contributed by atoms with van der Waals surface area (Å²) in [7, 11) is 0. The third-order valence-corrected chi connectivity index (χ3v) is 1.99. The van der Waals surface area contributed by atoms with Crippen molar-refractivity contribution >= 4 is 17.0 Å². The van der Waals surface area contributed by atoms with E-state index in [1.165, 1.54) is 5.39 Å². The molecule has 1 aromatic carbocycles. The molecular formula is C11H11NO. The number of rotatable bonds is 2. The standard InChI is InChI=1S/C11H11NO/c13-7-1-2-9-3-4-11-10(8-9)5-6-12-11/h1-6,8,12-13H,7H2. The van der Waals surface area contributed by atoms with Crippen LogP contribution in [0.3, 0.4) is 0 Å². The van der Waals surface area contributed by atoms with Crippen LogP contribution in [-0.2, 0) is 0 Å². The molecule has 0 unspecified atom stereocenters. The van der Waals surface area contributed by atoms with Gasteiger partial charge in [0.25, 0.3) is 0 Å². The number of hydrogen-bond acceptors (Lipinski definition) is 1. The zero-order valence-corrected chi connectivity index (χ0v) is 7.20. The average molecular weight is 173 g/mol. The lowest BCUT2D eigenvalue weighted by atomic mass is 10.1. The van der Waals surface area contributed by atoms with Gasteiger partial charge in [-0.1, -0.05) is 18.2 Å². The van der Waals surface area contributed by atoms with Gasteiger partial charge in [-0.2, -0.15) is 0 Å². The molecule has 0 aliphatic heterocycles. The number of fused-ring (bicyclic) bond motifs is 1.